The maximum Gasteiger partial charge on any atom is 0.239 e. The van der Waals surface area contributed by atoms with E-state index >= 15 is 0 Å². The highest BCUT2D eigenvalue weighted by molar-refractivity contribution is 5.92. The van der Waals surface area contributed by atoms with E-state index in [2.05, 4.69) is 15.6 Å². The van der Waals surface area contributed by atoms with Crippen molar-refractivity contribution >= 4 is 22.7 Å². The van der Waals surface area contributed by atoms with Crippen molar-refractivity contribution in [2.75, 3.05) is 13.6 Å². The fourth-order valence-electron chi connectivity index (χ4n) is 2.99. The van der Waals surface area contributed by atoms with E-state index < -0.39 is 17.5 Å². The molecule has 0 unspecified atom stereocenters. The summed E-state index contributed by atoms with van der Waals surface area (Å²) in [6, 6.07) is 7.52. The first-order valence-corrected chi connectivity index (χ1v) is 8.62. The third kappa shape index (κ3) is 4.16. The van der Waals surface area contributed by atoms with Crippen molar-refractivity contribution in [3.8, 4) is 11.3 Å². The molecular formula is C20H18F3N3O2. The number of benzene rings is 2. The predicted molar refractivity (Wildman–Crippen MR) is 99.0 cm³/mol. The summed E-state index contributed by atoms with van der Waals surface area (Å²) in [4.78, 5) is 26.2. The quantitative estimate of drug-likeness (QED) is 0.606. The summed E-state index contributed by atoms with van der Waals surface area (Å²) >= 11 is 0. The number of aromatic amines is 1. The van der Waals surface area contributed by atoms with E-state index in [1.807, 2.05) is 0 Å². The molecule has 0 saturated carbocycles. The Labute approximate surface area is 158 Å². The Kier molecular flexibility index (Phi) is 5.67. The number of aromatic nitrogens is 1. The highest BCUT2D eigenvalue weighted by Gasteiger charge is 2.18. The number of H-pyrrole nitrogens is 1. The Hall–Kier alpha value is -3.29. The van der Waals surface area contributed by atoms with Crippen LogP contribution in [-0.4, -0.2) is 30.4 Å². The minimum absolute atomic E-state index is 0.0102. The molecule has 3 aromatic rings. The lowest BCUT2D eigenvalue weighted by atomic mass is 10.0. The number of hydrogen-bond donors (Lipinski definition) is 3. The average molecular weight is 389 g/mol. The van der Waals surface area contributed by atoms with E-state index in [-0.39, 0.29) is 36.7 Å². The van der Waals surface area contributed by atoms with Crippen molar-refractivity contribution < 1.29 is 22.8 Å². The summed E-state index contributed by atoms with van der Waals surface area (Å²) in [7, 11) is 1.46. The number of amides is 2. The Morgan fingerprint density at radius 2 is 1.71 bits per heavy atom. The number of aryl methyl sites for hydroxylation is 1. The zero-order valence-electron chi connectivity index (χ0n) is 15.0. The Bertz CT molecular complexity index is 1030. The zero-order chi connectivity index (χ0) is 20.3. The summed E-state index contributed by atoms with van der Waals surface area (Å²) in [5.74, 6) is -2.63. The van der Waals surface area contributed by atoms with Gasteiger partial charge in [0.25, 0.3) is 0 Å². The van der Waals surface area contributed by atoms with E-state index in [1.54, 1.807) is 0 Å². The number of likely N-dealkylation sites (N-methyl/N-ethyl adjacent to an activating group) is 1. The zero-order valence-corrected chi connectivity index (χ0v) is 15.0. The van der Waals surface area contributed by atoms with Crippen LogP contribution in [0.3, 0.4) is 0 Å². The van der Waals surface area contributed by atoms with Gasteiger partial charge in [-0.1, -0.05) is 0 Å². The standard InChI is InChI=1S/C20H18F3N3O2/c1-24-18(28)10-25-17(27)7-6-14-15-8-13(22)9-16(23)20(15)26-19(14)11-2-4-12(21)5-3-11/h2-5,8-9,26H,6-7,10H2,1H3,(H,24,28)(H,25,27). The minimum atomic E-state index is -0.756. The van der Waals surface area contributed by atoms with Crippen molar-refractivity contribution in [3.63, 3.8) is 0 Å². The number of halogens is 3. The fraction of sp³-hybridized carbons (Fsp3) is 0.200. The van der Waals surface area contributed by atoms with Crippen molar-refractivity contribution in [3.05, 3.63) is 59.4 Å². The molecule has 0 atom stereocenters. The molecule has 0 saturated heterocycles. The second kappa shape index (κ2) is 8.16. The van der Waals surface area contributed by atoms with Crippen LogP contribution in [0.15, 0.2) is 36.4 Å². The molecule has 3 rings (SSSR count). The van der Waals surface area contributed by atoms with Gasteiger partial charge in [-0.05, 0) is 47.9 Å². The van der Waals surface area contributed by atoms with Gasteiger partial charge in [-0.25, -0.2) is 13.2 Å². The molecule has 1 aromatic heterocycles. The number of hydrogen-bond acceptors (Lipinski definition) is 2. The smallest absolute Gasteiger partial charge is 0.239 e. The molecule has 0 spiro atoms. The topological polar surface area (TPSA) is 74.0 Å². The molecule has 0 radical (unpaired) electrons. The van der Waals surface area contributed by atoms with Crippen LogP contribution in [0.5, 0.6) is 0 Å². The van der Waals surface area contributed by atoms with Crippen LogP contribution in [0.25, 0.3) is 22.2 Å². The van der Waals surface area contributed by atoms with Crippen LogP contribution in [-0.2, 0) is 16.0 Å². The molecule has 2 aromatic carbocycles. The van der Waals surface area contributed by atoms with Crippen LogP contribution < -0.4 is 10.6 Å². The molecule has 0 aliphatic rings. The van der Waals surface area contributed by atoms with Gasteiger partial charge in [0, 0.05) is 30.6 Å². The molecule has 8 heteroatoms. The lowest BCUT2D eigenvalue weighted by Gasteiger charge is -2.07. The first-order valence-electron chi connectivity index (χ1n) is 8.62. The summed E-state index contributed by atoms with van der Waals surface area (Å²) in [6.45, 7) is -0.155. The van der Waals surface area contributed by atoms with Crippen molar-refractivity contribution in [2.24, 2.45) is 0 Å². The van der Waals surface area contributed by atoms with E-state index in [4.69, 9.17) is 0 Å². The third-order valence-electron chi connectivity index (χ3n) is 4.39. The number of rotatable bonds is 6. The SMILES string of the molecule is CNC(=O)CNC(=O)CCc1c(-c2ccc(F)cc2)[nH]c2c(F)cc(F)cc12. The first kappa shape index (κ1) is 19.5. The number of fused-ring (bicyclic) bond motifs is 1. The fourth-order valence-corrected chi connectivity index (χ4v) is 2.99. The van der Waals surface area contributed by atoms with Gasteiger partial charge in [-0.15, -0.1) is 0 Å². The molecule has 0 bridgehead atoms. The van der Waals surface area contributed by atoms with Gasteiger partial charge in [0.1, 0.15) is 17.5 Å². The van der Waals surface area contributed by atoms with Crippen molar-refractivity contribution in [1.82, 2.24) is 15.6 Å². The molecule has 146 valence electrons. The molecule has 0 aliphatic heterocycles. The molecule has 0 fully saturated rings. The van der Waals surface area contributed by atoms with E-state index in [9.17, 15) is 22.8 Å². The van der Waals surface area contributed by atoms with E-state index in [1.165, 1.54) is 37.4 Å². The number of carbonyl (C=O) groups is 2. The lowest BCUT2D eigenvalue weighted by molar-refractivity contribution is -0.125. The van der Waals surface area contributed by atoms with Gasteiger partial charge >= 0.3 is 0 Å². The molecular weight excluding hydrogens is 371 g/mol. The monoisotopic (exact) mass is 389 g/mol. The molecule has 5 nitrogen and oxygen atoms in total. The van der Waals surface area contributed by atoms with Crippen LogP contribution in [0.2, 0.25) is 0 Å². The van der Waals surface area contributed by atoms with Gasteiger partial charge in [-0.3, -0.25) is 9.59 Å². The lowest BCUT2D eigenvalue weighted by Crippen LogP contribution is -2.35. The average Bonchev–Trinajstić information content (AvgIpc) is 3.03. The second-order valence-corrected chi connectivity index (χ2v) is 6.25. The molecule has 0 aliphatic carbocycles. The Morgan fingerprint density at radius 3 is 2.39 bits per heavy atom. The van der Waals surface area contributed by atoms with Crippen molar-refractivity contribution in [2.45, 2.75) is 12.8 Å². The maximum atomic E-state index is 14.2. The largest absolute Gasteiger partial charge is 0.358 e. The predicted octanol–water partition coefficient (Wildman–Crippen LogP) is 3.05. The van der Waals surface area contributed by atoms with Gasteiger partial charge in [0.15, 0.2) is 0 Å². The first-order chi connectivity index (χ1) is 13.4. The van der Waals surface area contributed by atoms with Crippen LogP contribution in [0.4, 0.5) is 13.2 Å². The van der Waals surface area contributed by atoms with Crippen molar-refractivity contribution in [1.29, 1.82) is 0 Å². The Balaban J connectivity index is 1.94. The number of nitrogens with one attached hydrogen (secondary N) is 3. The number of carbonyl (C=O) groups excluding carboxylic acids is 2. The third-order valence-corrected chi connectivity index (χ3v) is 4.39. The maximum absolute atomic E-state index is 14.2. The van der Waals surface area contributed by atoms with Crippen LogP contribution in [0, 0.1) is 17.5 Å². The molecule has 1 heterocycles. The summed E-state index contributed by atoms with van der Waals surface area (Å²) in [5.41, 5.74) is 1.72. The highest BCUT2D eigenvalue weighted by atomic mass is 19.1. The molecule has 3 N–H and O–H groups in total. The summed E-state index contributed by atoms with van der Waals surface area (Å²) in [5, 5.41) is 5.18. The normalized spacial score (nSPS) is 10.9. The van der Waals surface area contributed by atoms with Gasteiger partial charge in [0.05, 0.1) is 12.1 Å². The van der Waals surface area contributed by atoms with Gasteiger partial charge < -0.3 is 15.6 Å². The highest BCUT2D eigenvalue weighted by Crippen LogP contribution is 2.33. The summed E-state index contributed by atoms with van der Waals surface area (Å²) < 4.78 is 41.2. The molecule has 2 amide bonds. The van der Waals surface area contributed by atoms with Crippen LogP contribution in [0.1, 0.15) is 12.0 Å². The Morgan fingerprint density at radius 1 is 1.00 bits per heavy atom. The van der Waals surface area contributed by atoms with Gasteiger partial charge in [-0.2, -0.15) is 0 Å². The van der Waals surface area contributed by atoms with Gasteiger partial charge in [0.2, 0.25) is 11.8 Å². The summed E-state index contributed by atoms with van der Waals surface area (Å²) in [6.07, 6.45) is 0.186. The van der Waals surface area contributed by atoms with E-state index in [0.717, 1.165) is 6.07 Å². The van der Waals surface area contributed by atoms with Crippen LogP contribution >= 0.6 is 0 Å². The molecule has 28 heavy (non-hydrogen) atoms. The minimum Gasteiger partial charge on any atom is -0.358 e. The van der Waals surface area contributed by atoms with E-state index in [0.29, 0.717) is 22.2 Å². The second-order valence-electron chi connectivity index (χ2n) is 6.25.